The molecule has 1 aromatic rings. The fourth-order valence-corrected chi connectivity index (χ4v) is 1.61. The van der Waals surface area contributed by atoms with Crippen LogP contribution in [-0.4, -0.2) is 31.0 Å². The molecule has 1 aliphatic rings. The summed E-state index contributed by atoms with van der Waals surface area (Å²) in [6, 6.07) is 7.13. The van der Waals surface area contributed by atoms with Crippen molar-refractivity contribution in [1.82, 2.24) is 5.32 Å². The van der Waals surface area contributed by atoms with Crippen LogP contribution in [0.15, 0.2) is 29.3 Å². The number of aliphatic imine (C=N–C) groups is 1. The summed E-state index contributed by atoms with van der Waals surface area (Å²) in [6.45, 7) is 6.84. The summed E-state index contributed by atoms with van der Waals surface area (Å²) in [4.78, 5) is 16.0. The van der Waals surface area contributed by atoms with Crippen LogP contribution < -0.4 is 5.32 Å². The predicted molar refractivity (Wildman–Crippen MR) is 66.1 cm³/mol. The van der Waals surface area contributed by atoms with Gasteiger partial charge in [0.25, 0.3) is 5.91 Å². The van der Waals surface area contributed by atoms with E-state index in [1.807, 2.05) is 19.1 Å². The van der Waals surface area contributed by atoms with Crippen molar-refractivity contribution in [3.05, 3.63) is 42.3 Å². The van der Waals surface area contributed by atoms with Crippen LogP contribution in [0.1, 0.15) is 22.8 Å². The molecule has 1 aliphatic heterocycles. The van der Waals surface area contributed by atoms with E-state index in [0.29, 0.717) is 24.6 Å². The maximum atomic E-state index is 11.8. The molecule has 1 atom stereocenters. The number of nitrogens with one attached hydrogen (secondary N) is 1. The van der Waals surface area contributed by atoms with Gasteiger partial charge in [-0.3, -0.25) is 4.79 Å². The van der Waals surface area contributed by atoms with Crippen molar-refractivity contribution in [2.75, 3.05) is 13.2 Å². The second-order valence-corrected chi connectivity index (χ2v) is 3.99. The number of amides is 1. The predicted octanol–water partition coefficient (Wildman–Crippen LogP) is 1.42. The van der Waals surface area contributed by atoms with Crippen LogP contribution in [0.2, 0.25) is 0 Å². The molecule has 1 N–H and O–H groups in total. The van der Waals surface area contributed by atoms with Gasteiger partial charge in [0.05, 0.1) is 6.54 Å². The van der Waals surface area contributed by atoms with Gasteiger partial charge in [-0.2, -0.15) is 0 Å². The monoisotopic (exact) mass is 231 g/mol. The Balaban J connectivity index is 2.19. The second-order valence-electron chi connectivity index (χ2n) is 3.99. The lowest BCUT2D eigenvalue weighted by molar-refractivity contribution is 0.0946. The van der Waals surface area contributed by atoms with Gasteiger partial charge in [0.2, 0.25) is 5.90 Å². The van der Waals surface area contributed by atoms with Gasteiger partial charge in [-0.1, -0.05) is 6.07 Å². The van der Waals surface area contributed by atoms with E-state index in [2.05, 4.69) is 17.2 Å². The first-order valence-electron chi connectivity index (χ1n) is 5.58. The number of carbonyl (C=O) groups excluding carboxylic acids is 1. The molecule has 1 unspecified atom stereocenters. The summed E-state index contributed by atoms with van der Waals surface area (Å²) < 4.78 is 5.36. The minimum atomic E-state index is -0.132. The Labute approximate surface area is 101 Å². The van der Waals surface area contributed by atoms with E-state index in [1.165, 1.54) is 0 Å². The molecule has 1 heterocycles. The molecule has 17 heavy (non-hydrogen) atoms. The maximum Gasteiger partial charge on any atom is 0.251 e. The number of rotatable bonds is 3. The van der Waals surface area contributed by atoms with Crippen molar-refractivity contribution in [3.63, 3.8) is 0 Å². The minimum absolute atomic E-state index is 0.119. The SMILES string of the molecule is [CH2]C(C)NC(=O)c1cccc(C2=NCCO2)c1. The Morgan fingerprint density at radius 1 is 1.59 bits per heavy atom. The van der Waals surface area contributed by atoms with Crippen LogP contribution in [0.3, 0.4) is 0 Å². The first-order chi connectivity index (χ1) is 8.16. The van der Waals surface area contributed by atoms with Crippen LogP contribution in [0.25, 0.3) is 0 Å². The van der Waals surface area contributed by atoms with Crippen LogP contribution >= 0.6 is 0 Å². The summed E-state index contributed by atoms with van der Waals surface area (Å²) in [5.74, 6) is 0.482. The van der Waals surface area contributed by atoms with Crippen molar-refractivity contribution < 1.29 is 9.53 Å². The Morgan fingerprint density at radius 3 is 3.06 bits per heavy atom. The summed E-state index contributed by atoms with van der Waals surface area (Å²) >= 11 is 0. The third kappa shape index (κ3) is 2.84. The van der Waals surface area contributed by atoms with Gasteiger partial charge in [-0.05, 0) is 32.0 Å². The normalized spacial score (nSPS) is 14.4. The smallest absolute Gasteiger partial charge is 0.251 e. The van der Waals surface area contributed by atoms with E-state index < -0.39 is 0 Å². The van der Waals surface area contributed by atoms with Gasteiger partial charge < -0.3 is 10.1 Å². The van der Waals surface area contributed by atoms with E-state index in [4.69, 9.17) is 4.74 Å². The Hall–Kier alpha value is -1.84. The molecule has 0 fully saturated rings. The minimum Gasteiger partial charge on any atom is -0.476 e. The number of hydrogen-bond donors (Lipinski definition) is 1. The van der Waals surface area contributed by atoms with Gasteiger partial charge in [0.1, 0.15) is 6.61 Å². The quantitative estimate of drug-likeness (QED) is 0.855. The first-order valence-corrected chi connectivity index (χ1v) is 5.58. The van der Waals surface area contributed by atoms with Crippen LogP contribution in [0.4, 0.5) is 0 Å². The zero-order valence-corrected chi connectivity index (χ0v) is 9.77. The third-order valence-electron chi connectivity index (χ3n) is 2.33. The topological polar surface area (TPSA) is 50.7 Å². The molecule has 1 radical (unpaired) electrons. The molecule has 1 amide bonds. The Bertz CT molecular complexity index is 452. The summed E-state index contributed by atoms with van der Waals surface area (Å²) in [6.07, 6.45) is 0. The van der Waals surface area contributed by atoms with Crippen molar-refractivity contribution in [2.24, 2.45) is 4.99 Å². The molecule has 2 rings (SSSR count). The summed E-state index contributed by atoms with van der Waals surface area (Å²) in [7, 11) is 0. The number of hydrogen-bond acceptors (Lipinski definition) is 3. The van der Waals surface area contributed by atoms with Crippen molar-refractivity contribution in [1.29, 1.82) is 0 Å². The highest BCUT2D eigenvalue weighted by Crippen LogP contribution is 2.10. The molecule has 0 saturated carbocycles. The standard InChI is InChI=1S/C13H15N2O2/c1-9(2)15-12(16)10-4-3-5-11(8-10)13-14-6-7-17-13/h3-5,8-9H,1,6-7H2,2H3,(H,15,16). The van der Waals surface area contributed by atoms with Crippen molar-refractivity contribution in [3.8, 4) is 0 Å². The average Bonchev–Trinajstić information content (AvgIpc) is 2.82. The summed E-state index contributed by atoms with van der Waals surface area (Å²) in [5, 5.41) is 2.75. The Kier molecular flexibility index (Phi) is 3.42. The number of carbonyl (C=O) groups is 1. The highest BCUT2D eigenvalue weighted by atomic mass is 16.5. The van der Waals surface area contributed by atoms with Gasteiger partial charge >= 0.3 is 0 Å². The van der Waals surface area contributed by atoms with Crippen molar-refractivity contribution in [2.45, 2.75) is 13.0 Å². The maximum absolute atomic E-state index is 11.8. The highest BCUT2D eigenvalue weighted by molar-refractivity contribution is 6.00. The highest BCUT2D eigenvalue weighted by Gasteiger charge is 2.13. The third-order valence-corrected chi connectivity index (χ3v) is 2.33. The molecule has 0 aromatic heterocycles. The van der Waals surface area contributed by atoms with Gasteiger partial charge in [-0.15, -0.1) is 0 Å². The van der Waals surface area contributed by atoms with Crippen LogP contribution in [0.5, 0.6) is 0 Å². The molecule has 0 spiro atoms. The second kappa shape index (κ2) is 4.99. The molecule has 0 bridgehead atoms. The fraction of sp³-hybridized carbons (Fsp3) is 0.308. The van der Waals surface area contributed by atoms with Gasteiger partial charge in [0, 0.05) is 17.2 Å². The average molecular weight is 231 g/mol. The van der Waals surface area contributed by atoms with E-state index in [-0.39, 0.29) is 11.9 Å². The molecule has 0 saturated heterocycles. The largest absolute Gasteiger partial charge is 0.476 e. The van der Waals surface area contributed by atoms with E-state index in [1.54, 1.807) is 12.1 Å². The Morgan fingerprint density at radius 2 is 2.41 bits per heavy atom. The van der Waals surface area contributed by atoms with Crippen LogP contribution in [0, 0.1) is 6.92 Å². The molecule has 1 aromatic carbocycles. The molecule has 4 heteroatoms. The van der Waals surface area contributed by atoms with E-state index >= 15 is 0 Å². The van der Waals surface area contributed by atoms with Crippen molar-refractivity contribution >= 4 is 11.8 Å². The van der Waals surface area contributed by atoms with Gasteiger partial charge in [0.15, 0.2) is 0 Å². The molecule has 0 aliphatic carbocycles. The zero-order valence-electron chi connectivity index (χ0n) is 9.77. The molecular formula is C13H15N2O2. The van der Waals surface area contributed by atoms with Gasteiger partial charge in [-0.25, -0.2) is 4.99 Å². The summed E-state index contributed by atoms with van der Waals surface area (Å²) in [5.41, 5.74) is 1.43. The zero-order chi connectivity index (χ0) is 12.3. The lowest BCUT2D eigenvalue weighted by Crippen LogP contribution is -2.30. The number of ether oxygens (including phenoxy) is 1. The van der Waals surface area contributed by atoms with Crippen LogP contribution in [-0.2, 0) is 4.74 Å². The molecule has 89 valence electrons. The van der Waals surface area contributed by atoms with E-state index in [9.17, 15) is 4.79 Å². The lowest BCUT2D eigenvalue weighted by Gasteiger charge is -2.09. The molecule has 4 nitrogen and oxygen atoms in total. The molecular weight excluding hydrogens is 216 g/mol. The fourth-order valence-electron chi connectivity index (χ4n) is 1.61. The number of benzene rings is 1. The first kappa shape index (κ1) is 11.6. The van der Waals surface area contributed by atoms with E-state index in [0.717, 1.165) is 5.56 Å². The lowest BCUT2D eigenvalue weighted by atomic mass is 10.1. The number of nitrogens with zero attached hydrogens (tertiary/aromatic N) is 1.